The average Bonchev–Trinajstić information content (AvgIpc) is 3.59. The van der Waals surface area contributed by atoms with E-state index in [2.05, 4.69) is 216 Å². The Balaban J connectivity index is 1.19. The van der Waals surface area contributed by atoms with Crippen molar-refractivity contribution in [2.75, 3.05) is 9.80 Å². The lowest BCUT2D eigenvalue weighted by atomic mass is 9.85. The molecule has 284 valence electrons. The predicted molar refractivity (Wildman–Crippen MR) is 254 cm³/mol. The molecule has 2 heterocycles. The Bertz CT molecular complexity index is 3190. The van der Waals surface area contributed by atoms with Gasteiger partial charge in [-0.05, 0) is 157 Å². The molecule has 0 aliphatic carbocycles. The van der Waals surface area contributed by atoms with Crippen molar-refractivity contribution in [2.45, 2.75) is 25.7 Å². The van der Waals surface area contributed by atoms with Crippen LogP contribution in [0.5, 0.6) is 0 Å². The van der Waals surface area contributed by atoms with Crippen LogP contribution < -0.4 is 9.80 Å². The minimum Gasteiger partial charge on any atom is -0.310 e. The summed E-state index contributed by atoms with van der Waals surface area (Å²) in [5.41, 5.74) is 17.8. The minimum atomic E-state index is 1.01. The Kier molecular flexibility index (Phi) is 8.16. The number of hydrogen-bond acceptors (Lipinski definition) is 2. The highest BCUT2D eigenvalue weighted by Crippen LogP contribution is 2.50. The molecular formula is C58H42N2. The molecular weight excluding hydrogens is 725 g/mol. The van der Waals surface area contributed by atoms with E-state index in [4.69, 9.17) is 0 Å². The topological polar surface area (TPSA) is 6.48 Å². The van der Waals surface area contributed by atoms with Crippen LogP contribution in [-0.4, -0.2) is 0 Å². The van der Waals surface area contributed by atoms with Crippen molar-refractivity contribution in [1.29, 1.82) is 0 Å². The smallest absolute Gasteiger partial charge is 0.0493 e. The molecule has 0 aromatic heterocycles. The molecule has 0 saturated carbocycles. The van der Waals surface area contributed by atoms with Gasteiger partial charge in [0.2, 0.25) is 0 Å². The molecule has 0 atom stereocenters. The number of fused-ring (bicyclic) bond motifs is 7. The second-order valence-corrected chi connectivity index (χ2v) is 16.3. The lowest BCUT2D eigenvalue weighted by molar-refractivity contribution is 0.977. The molecule has 0 radical (unpaired) electrons. The number of rotatable bonds is 4. The fourth-order valence-corrected chi connectivity index (χ4v) is 10.2. The largest absolute Gasteiger partial charge is 0.310 e. The molecule has 0 spiro atoms. The summed E-state index contributed by atoms with van der Waals surface area (Å²) < 4.78 is 0. The third kappa shape index (κ3) is 5.63. The molecule has 12 rings (SSSR count). The molecule has 10 aromatic carbocycles. The second kappa shape index (κ2) is 14.1. The van der Waals surface area contributed by atoms with Gasteiger partial charge in [0.05, 0.1) is 0 Å². The van der Waals surface area contributed by atoms with Crippen molar-refractivity contribution in [1.82, 2.24) is 0 Å². The van der Waals surface area contributed by atoms with Gasteiger partial charge in [0.1, 0.15) is 0 Å². The molecule has 0 amide bonds. The normalized spacial score (nSPS) is 13.3. The third-order valence-corrected chi connectivity index (χ3v) is 13.0. The molecule has 10 aromatic rings. The van der Waals surface area contributed by atoms with Crippen molar-refractivity contribution in [3.63, 3.8) is 0 Å². The monoisotopic (exact) mass is 766 g/mol. The van der Waals surface area contributed by atoms with E-state index in [9.17, 15) is 0 Å². The summed E-state index contributed by atoms with van der Waals surface area (Å²) in [6.07, 6.45) is 4.04. The first kappa shape index (κ1) is 34.6. The number of nitrogens with zero attached hydrogens (tertiary/aromatic N) is 2. The van der Waals surface area contributed by atoms with Crippen LogP contribution in [0.15, 0.2) is 206 Å². The summed E-state index contributed by atoms with van der Waals surface area (Å²) in [4.78, 5) is 5.01. The number of para-hydroxylation sites is 4. The van der Waals surface area contributed by atoms with E-state index < -0.39 is 0 Å². The van der Waals surface area contributed by atoms with Crippen molar-refractivity contribution in [2.24, 2.45) is 0 Å². The van der Waals surface area contributed by atoms with Crippen LogP contribution in [0, 0.1) is 0 Å². The van der Waals surface area contributed by atoms with Crippen LogP contribution in [-0.2, 0) is 25.7 Å². The van der Waals surface area contributed by atoms with Crippen molar-refractivity contribution in [3.8, 4) is 22.3 Å². The summed E-state index contributed by atoms with van der Waals surface area (Å²) in [5, 5.41) is 7.45. The van der Waals surface area contributed by atoms with E-state index in [0.29, 0.717) is 0 Å². The summed E-state index contributed by atoms with van der Waals surface area (Å²) in [6, 6.07) is 77.1. The van der Waals surface area contributed by atoms with Gasteiger partial charge in [0.25, 0.3) is 0 Å². The fourth-order valence-electron chi connectivity index (χ4n) is 10.2. The lowest BCUT2D eigenvalue weighted by Gasteiger charge is -2.29. The van der Waals surface area contributed by atoms with Gasteiger partial charge < -0.3 is 9.80 Å². The predicted octanol–water partition coefficient (Wildman–Crippen LogP) is 15.6. The van der Waals surface area contributed by atoms with Gasteiger partial charge in [0, 0.05) is 34.1 Å². The number of hydrogen-bond donors (Lipinski definition) is 0. The zero-order valence-electron chi connectivity index (χ0n) is 33.4. The number of aryl methyl sites for hydroxylation is 4. The van der Waals surface area contributed by atoms with Crippen molar-refractivity contribution >= 4 is 66.4 Å². The first-order chi connectivity index (χ1) is 29.8. The molecule has 0 unspecified atom stereocenters. The first-order valence-electron chi connectivity index (χ1n) is 21.3. The molecule has 0 saturated heterocycles. The molecule has 0 N–H and O–H groups in total. The molecule has 2 aliphatic heterocycles. The maximum Gasteiger partial charge on any atom is 0.0493 e. The van der Waals surface area contributed by atoms with E-state index in [1.54, 1.807) is 0 Å². The maximum absolute atomic E-state index is 2.50. The second-order valence-electron chi connectivity index (χ2n) is 16.3. The third-order valence-electron chi connectivity index (χ3n) is 13.0. The van der Waals surface area contributed by atoms with Gasteiger partial charge in [-0.3, -0.25) is 0 Å². The summed E-state index contributed by atoms with van der Waals surface area (Å²) in [6.45, 7) is 0. The van der Waals surface area contributed by atoms with Crippen LogP contribution in [0.4, 0.5) is 34.1 Å². The van der Waals surface area contributed by atoms with Crippen molar-refractivity contribution < 1.29 is 0 Å². The summed E-state index contributed by atoms with van der Waals surface area (Å²) in [5.74, 6) is 0. The highest BCUT2D eigenvalue weighted by atomic mass is 15.2. The van der Waals surface area contributed by atoms with E-state index >= 15 is 0 Å². The Labute approximate surface area is 351 Å². The van der Waals surface area contributed by atoms with Gasteiger partial charge >= 0.3 is 0 Å². The number of benzene rings is 10. The fraction of sp³-hybridized carbons (Fsp3) is 0.0690. The Hall–Kier alpha value is -7.42. The van der Waals surface area contributed by atoms with Crippen LogP contribution in [0.25, 0.3) is 54.6 Å². The summed E-state index contributed by atoms with van der Waals surface area (Å²) >= 11 is 0. The van der Waals surface area contributed by atoms with E-state index in [0.717, 1.165) is 25.7 Å². The molecule has 2 nitrogen and oxygen atoms in total. The van der Waals surface area contributed by atoms with E-state index in [1.807, 2.05) is 0 Å². The lowest BCUT2D eigenvalue weighted by Crippen LogP contribution is -2.12. The number of anilines is 6. The molecule has 0 bridgehead atoms. The minimum absolute atomic E-state index is 1.01. The van der Waals surface area contributed by atoms with Gasteiger partial charge in [-0.2, -0.15) is 0 Å². The Morgan fingerprint density at radius 3 is 1.15 bits per heavy atom. The van der Waals surface area contributed by atoms with E-state index in [-0.39, 0.29) is 0 Å². The SMILES string of the molecule is c1ccc(-c2c3ccc(N4c5ccccc5CCc5ccccc54)cc3c(-c3ccc4ccccc4c3)c3ccc(N4c5ccccc5CCc5ccccc54)cc23)cc1. The first-order valence-corrected chi connectivity index (χ1v) is 21.3. The van der Waals surface area contributed by atoms with Crippen LogP contribution >= 0.6 is 0 Å². The average molecular weight is 767 g/mol. The van der Waals surface area contributed by atoms with Crippen LogP contribution in [0.2, 0.25) is 0 Å². The van der Waals surface area contributed by atoms with Gasteiger partial charge in [0.15, 0.2) is 0 Å². The summed E-state index contributed by atoms with van der Waals surface area (Å²) in [7, 11) is 0. The zero-order chi connectivity index (χ0) is 39.6. The van der Waals surface area contributed by atoms with Gasteiger partial charge in [-0.15, -0.1) is 0 Å². The van der Waals surface area contributed by atoms with Gasteiger partial charge in [-0.25, -0.2) is 0 Å². The molecule has 60 heavy (non-hydrogen) atoms. The molecule has 0 fully saturated rings. The Morgan fingerprint density at radius 1 is 0.267 bits per heavy atom. The van der Waals surface area contributed by atoms with Crippen LogP contribution in [0.1, 0.15) is 22.3 Å². The Morgan fingerprint density at radius 2 is 0.667 bits per heavy atom. The standard InChI is InChI=1S/C58H42N2/c1-2-19-44(20-3-1)57-49-34-32-48(60-55-24-12-8-17-42(55)29-30-43-18-9-13-25-56(43)60)38-52(49)58(46-31-26-39-14-4-5-21-45(39)36-46)50-35-33-47(37-51(50)57)59-53-22-10-6-15-40(53)27-28-41-16-7-11-23-54(41)59/h1-26,31-38H,27-30H2. The van der Waals surface area contributed by atoms with Crippen LogP contribution in [0.3, 0.4) is 0 Å². The zero-order valence-corrected chi connectivity index (χ0v) is 33.4. The van der Waals surface area contributed by atoms with Gasteiger partial charge in [-0.1, -0.05) is 152 Å². The molecule has 2 aliphatic rings. The molecule has 2 heteroatoms. The highest BCUT2D eigenvalue weighted by molar-refractivity contribution is 6.23. The van der Waals surface area contributed by atoms with E-state index in [1.165, 1.54) is 111 Å². The quantitative estimate of drug-likeness (QED) is 0.165. The van der Waals surface area contributed by atoms with Crippen molar-refractivity contribution in [3.05, 3.63) is 229 Å². The highest BCUT2D eigenvalue weighted by Gasteiger charge is 2.26. The maximum atomic E-state index is 2.50.